The molecular weight excluding hydrogens is 309 g/mol. The van der Waals surface area contributed by atoms with Gasteiger partial charge in [0.05, 0.1) is 17.6 Å². The SMILES string of the molecule is NC(=O)CC1(O)CCCN(CCc2cccc(C(F)(F)F)c2)C1. The van der Waals surface area contributed by atoms with Crippen molar-refractivity contribution in [2.45, 2.75) is 37.5 Å². The first-order valence-corrected chi connectivity index (χ1v) is 7.57. The van der Waals surface area contributed by atoms with Gasteiger partial charge in [-0.1, -0.05) is 18.2 Å². The summed E-state index contributed by atoms with van der Waals surface area (Å²) in [6.45, 7) is 1.59. The van der Waals surface area contributed by atoms with Crippen LogP contribution in [-0.2, 0) is 17.4 Å². The second-order valence-corrected chi connectivity index (χ2v) is 6.20. The number of halogens is 3. The largest absolute Gasteiger partial charge is 0.416 e. The van der Waals surface area contributed by atoms with Gasteiger partial charge in [0.15, 0.2) is 0 Å². The fraction of sp³-hybridized carbons (Fsp3) is 0.562. The Labute approximate surface area is 133 Å². The summed E-state index contributed by atoms with van der Waals surface area (Å²) < 4.78 is 38.1. The van der Waals surface area contributed by atoms with Crippen LogP contribution in [0.3, 0.4) is 0 Å². The maximum atomic E-state index is 12.7. The minimum atomic E-state index is -4.34. The van der Waals surface area contributed by atoms with E-state index in [0.29, 0.717) is 31.5 Å². The molecule has 0 aromatic heterocycles. The molecule has 1 atom stereocenters. The van der Waals surface area contributed by atoms with Crippen LogP contribution in [-0.4, -0.2) is 41.1 Å². The van der Waals surface area contributed by atoms with Gasteiger partial charge >= 0.3 is 6.18 Å². The molecule has 1 aromatic rings. The number of likely N-dealkylation sites (tertiary alicyclic amines) is 1. The maximum absolute atomic E-state index is 12.7. The minimum absolute atomic E-state index is 0.0902. The van der Waals surface area contributed by atoms with E-state index in [4.69, 9.17) is 5.73 Å². The predicted molar refractivity (Wildman–Crippen MR) is 79.6 cm³/mol. The van der Waals surface area contributed by atoms with E-state index in [-0.39, 0.29) is 6.42 Å². The number of hydrogen-bond donors (Lipinski definition) is 2. The third kappa shape index (κ3) is 5.21. The molecule has 1 aromatic carbocycles. The highest BCUT2D eigenvalue weighted by atomic mass is 19.4. The molecule has 0 radical (unpaired) electrons. The minimum Gasteiger partial charge on any atom is -0.388 e. The second kappa shape index (κ2) is 6.88. The van der Waals surface area contributed by atoms with Gasteiger partial charge in [0.1, 0.15) is 0 Å². The Bertz CT molecular complexity index is 563. The zero-order valence-electron chi connectivity index (χ0n) is 12.8. The Hall–Kier alpha value is -1.60. The Kier molecular flexibility index (Phi) is 5.31. The van der Waals surface area contributed by atoms with Crippen LogP contribution in [0.25, 0.3) is 0 Å². The smallest absolute Gasteiger partial charge is 0.388 e. The number of aliphatic hydroxyl groups is 1. The Morgan fingerprint density at radius 3 is 2.78 bits per heavy atom. The van der Waals surface area contributed by atoms with Crippen LogP contribution in [0.2, 0.25) is 0 Å². The number of carbonyl (C=O) groups excluding carboxylic acids is 1. The number of alkyl halides is 3. The Morgan fingerprint density at radius 2 is 2.13 bits per heavy atom. The van der Waals surface area contributed by atoms with Gasteiger partial charge < -0.3 is 15.7 Å². The lowest BCUT2D eigenvalue weighted by atomic mass is 9.89. The fourth-order valence-electron chi connectivity index (χ4n) is 3.06. The van der Waals surface area contributed by atoms with Crippen LogP contribution >= 0.6 is 0 Å². The van der Waals surface area contributed by atoms with Gasteiger partial charge in [0, 0.05) is 13.1 Å². The van der Waals surface area contributed by atoms with Crippen LogP contribution in [0.1, 0.15) is 30.4 Å². The van der Waals surface area contributed by atoms with Crippen molar-refractivity contribution in [3.63, 3.8) is 0 Å². The van der Waals surface area contributed by atoms with Gasteiger partial charge in [0.25, 0.3) is 0 Å². The fourth-order valence-corrected chi connectivity index (χ4v) is 3.06. The molecule has 1 unspecified atom stereocenters. The molecule has 3 N–H and O–H groups in total. The summed E-state index contributed by atoms with van der Waals surface area (Å²) in [6, 6.07) is 5.27. The first-order valence-electron chi connectivity index (χ1n) is 7.57. The third-order valence-electron chi connectivity index (χ3n) is 4.11. The van der Waals surface area contributed by atoms with E-state index in [0.717, 1.165) is 25.1 Å². The van der Waals surface area contributed by atoms with E-state index in [1.165, 1.54) is 6.07 Å². The molecule has 1 aliphatic heterocycles. The Morgan fingerprint density at radius 1 is 1.39 bits per heavy atom. The van der Waals surface area contributed by atoms with Crippen LogP contribution in [0.5, 0.6) is 0 Å². The molecule has 7 heteroatoms. The number of nitrogens with two attached hydrogens (primary N) is 1. The molecular formula is C16H21F3N2O2. The molecule has 1 aliphatic rings. The lowest BCUT2D eigenvalue weighted by Gasteiger charge is -2.38. The summed E-state index contributed by atoms with van der Waals surface area (Å²) in [4.78, 5) is 13.0. The van der Waals surface area contributed by atoms with Crippen molar-refractivity contribution in [1.29, 1.82) is 0 Å². The first kappa shape index (κ1) is 17.7. The molecule has 1 saturated heterocycles. The average molecular weight is 330 g/mol. The normalized spacial score (nSPS) is 23.0. The molecule has 1 heterocycles. The summed E-state index contributed by atoms with van der Waals surface area (Å²) >= 11 is 0. The monoisotopic (exact) mass is 330 g/mol. The van der Waals surface area contributed by atoms with Crippen molar-refractivity contribution >= 4 is 5.91 Å². The molecule has 0 saturated carbocycles. The van der Waals surface area contributed by atoms with Crippen LogP contribution < -0.4 is 5.73 Å². The molecule has 23 heavy (non-hydrogen) atoms. The molecule has 4 nitrogen and oxygen atoms in total. The van der Waals surface area contributed by atoms with E-state index in [1.807, 2.05) is 4.90 Å². The molecule has 0 aliphatic carbocycles. The number of nitrogens with zero attached hydrogens (tertiary/aromatic N) is 1. The molecule has 2 rings (SSSR count). The molecule has 128 valence electrons. The standard InChI is InChI=1S/C16H21F3N2O2/c17-16(18,19)13-4-1-3-12(9-13)5-8-21-7-2-6-15(23,11-21)10-14(20)22/h1,3-4,9,23H,2,5-8,10-11H2,(H2,20,22). The van der Waals surface area contributed by atoms with Crippen molar-refractivity contribution in [3.05, 3.63) is 35.4 Å². The average Bonchev–Trinajstić information content (AvgIpc) is 2.43. The van der Waals surface area contributed by atoms with Crippen molar-refractivity contribution < 1.29 is 23.1 Å². The topological polar surface area (TPSA) is 66.6 Å². The number of benzene rings is 1. The molecule has 1 fully saturated rings. The number of amides is 1. The number of β-amino-alcohol motifs (C(OH)–C–C–N with tert-alkyl or cyclic N) is 1. The zero-order valence-corrected chi connectivity index (χ0v) is 12.8. The lowest BCUT2D eigenvalue weighted by Crippen LogP contribution is -2.50. The van der Waals surface area contributed by atoms with Crippen LogP contribution in [0.15, 0.2) is 24.3 Å². The summed E-state index contributed by atoms with van der Waals surface area (Å²) in [7, 11) is 0. The van der Waals surface area contributed by atoms with E-state index in [2.05, 4.69) is 0 Å². The number of hydrogen-bond acceptors (Lipinski definition) is 3. The van der Waals surface area contributed by atoms with Gasteiger partial charge in [-0.3, -0.25) is 4.79 Å². The van der Waals surface area contributed by atoms with Gasteiger partial charge in [-0.15, -0.1) is 0 Å². The van der Waals surface area contributed by atoms with Crippen molar-refractivity contribution in [3.8, 4) is 0 Å². The van der Waals surface area contributed by atoms with Crippen molar-refractivity contribution in [2.75, 3.05) is 19.6 Å². The molecule has 0 spiro atoms. The molecule has 0 bridgehead atoms. The first-order chi connectivity index (χ1) is 10.7. The van der Waals surface area contributed by atoms with Crippen molar-refractivity contribution in [1.82, 2.24) is 4.90 Å². The number of carbonyl (C=O) groups is 1. The van der Waals surface area contributed by atoms with Gasteiger partial charge in [-0.2, -0.15) is 13.2 Å². The van der Waals surface area contributed by atoms with E-state index < -0.39 is 23.2 Å². The quantitative estimate of drug-likeness (QED) is 0.867. The van der Waals surface area contributed by atoms with Crippen molar-refractivity contribution in [2.24, 2.45) is 5.73 Å². The summed E-state index contributed by atoms with van der Waals surface area (Å²) in [5.41, 5.74) is 3.97. The lowest BCUT2D eigenvalue weighted by molar-refractivity contribution is -0.137. The number of rotatable bonds is 5. The Balaban J connectivity index is 1.94. The van der Waals surface area contributed by atoms with E-state index >= 15 is 0 Å². The molecule has 1 amide bonds. The second-order valence-electron chi connectivity index (χ2n) is 6.20. The third-order valence-corrected chi connectivity index (χ3v) is 4.11. The van der Waals surface area contributed by atoms with E-state index in [9.17, 15) is 23.1 Å². The number of piperidine rings is 1. The van der Waals surface area contributed by atoms with Crippen LogP contribution in [0.4, 0.5) is 13.2 Å². The van der Waals surface area contributed by atoms with Gasteiger partial charge in [-0.25, -0.2) is 0 Å². The highest BCUT2D eigenvalue weighted by Gasteiger charge is 2.34. The van der Waals surface area contributed by atoms with E-state index in [1.54, 1.807) is 6.07 Å². The van der Waals surface area contributed by atoms with Gasteiger partial charge in [0.2, 0.25) is 5.91 Å². The maximum Gasteiger partial charge on any atom is 0.416 e. The van der Waals surface area contributed by atoms with Gasteiger partial charge in [-0.05, 0) is 37.4 Å². The summed E-state index contributed by atoms with van der Waals surface area (Å²) in [6.07, 6.45) is -2.74. The van der Waals surface area contributed by atoms with Crippen LogP contribution in [0, 0.1) is 0 Å². The highest BCUT2D eigenvalue weighted by molar-refractivity contribution is 5.75. The zero-order chi connectivity index (χ0) is 17.1. The summed E-state index contributed by atoms with van der Waals surface area (Å²) in [5.74, 6) is -0.549. The summed E-state index contributed by atoms with van der Waals surface area (Å²) in [5, 5.41) is 10.4. The number of primary amides is 1. The highest BCUT2D eigenvalue weighted by Crippen LogP contribution is 2.30. The predicted octanol–water partition coefficient (Wildman–Crippen LogP) is 1.95.